The summed E-state index contributed by atoms with van der Waals surface area (Å²) >= 11 is 0. The monoisotopic (exact) mass is 272 g/mol. The van der Waals surface area contributed by atoms with Gasteiger partial charge in [-0.25, -0.2) is 5.84 Å². The number of halogens is 2. The highest BCUT2D eigenvalue weighted by Gasteiger charge is 2.10. The van der Waals surface area contributed by atoms with E-state index in [1.165, 1.54) is 6.07 Å². The average Bonchev–Trinajstić information content (AvgIpc) is 2.35. The van der Waals surface area contributed by atoms with E-state index >= 15 is 0 Å². The zero-order valence-corrected chi connectivity index (χ0v) is 10.9. The van der Waals surface area contributed by atoms with Crippen LogP contribution < -0.4 is 21.3 Å². The zero-order chi connectivity index (χ0) is 14.3. The van der Waals surface area contributed by atoms with Gasteiger partial charge in [0.25, 0.3) is 0 Å². The summed E-state index contributed by atoms with van der Waals surface area (Å²) in [7, 11) is 0. The lowest BCUT2D eigenvalue weighted by molar-refractivity contribution is -0.0493. The quantitative estimate of drug-likeness (QED) is 0.332. The van der Waals surface area contributed by atoms with Crippen molar-refractivity contribution >= 4 is 11.6 Å². The zero-order valence-electron chi connectivity index (χ0n) is 10.9. The van der Waals surface area contributed by atoms with E-state index in [-0.39, 0.29) is 5.75 Å². The first-order valence-electron chi connectivity index (χ1n) is 5.85. The van der Waals surface area contributed by atoms with E-state index in [0.29, 0.717) is 24.1 Å². The molecule has 7 heteroatoms. The first-order chi connectivity index (χ1) is 9.02. The minimum atomic E-state index is -2.88. The molecule has 19 heavy (non-hydrogen) atoms. The van der Waals surface area contributed by atoms with Crippen molar-refractivity contribution in [1.29, 1.82) is 0 Å². The van der Waals surface area contributed by atoms with Crippen LogP contribution >= 0.6 is 0 Å². The lowest BCUT2D eigenvalue weighted by Gasteiger charge is -2.14. The second-order valence-corrected chi connectivity index (χ2v) is 4.23. The Labute approximate surface area is 110 Å². The number of nitrogens with one attached hydrogen (secondary N) is 2. The van der Waals surface area contributed by atoms with E-state index in [0.717, 1.165) is 0 Å². The van der Waals surface area contributed by atoms with Gasteiger partial charge in [-0.2, -0.15) is 8.78 Å². The first kappa shape index (κ1) is 15.2. The van der Waals surface area contributed by atoms with E-state index in [2.05, 4.69) is 20.5 Å². The fraction of sp³-hybridized carbons (Fsp3) is 0.417. The number of aliphatic imine (C=N–C) groups is 1. The number of ether oxygens (including phenoxy) is 1. The minimum absolute atomic E-state index is 0.0324. The highest BCUT2D eigenvalue weighted by atomic mass is 19.3. The van der Waals surface area contributed by atoms with Gasteiger partial charge >= 0.3 is 6.61 Å². The molecule has 0 aliphatic heterocycles. The maximum absolute atomic E-state index is 12.3. The van der Waals surface area contributed by atoms with Crippen LogP contribution in [0.3, 0.4) is 0 Å². The first-order valence-corrected chi connectivity index (χ1v) is 5.85. The van der Waals surface area contributed by atoms with Gasteiger partial charge in [0.1, 0.15) is 5.75 Å². The number of para-hydroxylation sites is 2. The molecule has 1 aromatic carbocycles. The number of nitrogens with two attached hydrogens (primary N) is 1. The molecular weight excluding hydrogens is 254 g/mol. The molecule has 0 amide bonds. The standard InChI is InChI=1S/C12H18F2N4O/c1-8(2)7-16-12(18-15)17-9-5-3-4-6-10(9)19-11(13)14/h3-6,8,11H,7,15H2,1-2H3,(H2,16,17,18). The maximum Gasteiger partial charge on any atom is 0.387 e. The van der Waals surface area contributed by atoms with Crippen LogP contribution in [0.15, 0.2) is 29.3 Å². The van der Waals surface area contributed by atoms with Gasteiger partial charge in [-0.1, -0.05) is 26.0 Å². The van der Waals surface area contributed by atoms with Gasteiger partial charge in [0.05, 0.1) is 5.69 Å². The Morgan fingerprint density at radius 3 is 2.63 bits per heavy atom. The normalized spacial score (nSPS) is 11.8. The van der Waals surface area contributed by atoms with E-state index in [9.17, 15) is 8.78 Å². The Hall–Kier alpha value is -1.89. The molecule has 4 N–H and O–H groups in total. The lowest BCUT2D eigenvalue weighted by atomic mass is 10.2. The summed E-state index contributed by atoms with van der Waals surface area (Å²) in [4.78, 5) is 4.18. The van der Waals surface area contributed by atoms with Crippen molar-refractivity contribution in [2.24, 2.45) is 16.8 Å². The van der Waals surface area contributed by atoms with Crippen molar-refractivity contribution in [3.8, 4) is 5.75 Å². The van der Waals surface area contributed by atoms with Crippen molar-refractivity contribution in [1.82, 2.24) is 5.43 Å². The molecule has 0 spiro atoms. The summed E-state index contributed by atoms with van der Waals surface area (Å²) in [5, 5.41) is 2.81. The van der Waals surface area contributed by atoms with Crippen molar-refractivity contribution in [2.75, 3.05) is 11.9 Å². The summed E-state index contributed by atoms with van der Waals surface area (Å²) in [6.45, 7) is 1.69. The molecule has 1 rings (SSSR count). The molecule has 1 aromatic rings. The highest BCUT2D eigenvalue weighted by Crippen LogP contribution is 2.25. The second-order valence-electron chi connectivity index (χ2n) is 4.23. The number of nitrogens with zero attached hydrogens (tertiary/aromatic N) is 1. The summed E-state index contributed by atoms with van der Waals surface area (Å²) in [6, 6.07) is 6.33. The lowest BCUT2D eigenvalue weighted by Crippen LogP contribution is -2.36. The molecule has 0 radical (unpaired) electrons. The average molecular weight is 272 g/mol. The van der Waals surface area contributed by atoms with Crippen LogP contribution in [0.5, 0.6) is 5.75 Å². The number of anilines is 1. The Morgan fingerprint density at radius 2 is 2.05 bits per heavy atom. The number of hydrogen-bond donors (Lipinski definition) is 3. The Bertz CT molecular complexity index is 424. The minimum Gasteiger partial charge on any atom is -0.433 e. The molecular formula is C12H18F2N4O. The summed E-state index contributed by atoms with van der Waals surface area (Å²) in [6.07, 6.45) is 0. The molecule has 0 aliphatic carbocycles. The molecule has 5 nitrogen and oxygen atoms in total. The number of benzene rings is 1. The van der Waals surface area contributed by atoms with Crippen molar-refractivity contribution in [2.45, 2.75) is 20.5 Å². The molecule has 0 fully saturated rings. The van der Waals surface area contributed by atoms with Gasteiger partial charge in [0.15, 0.2) is 0 Å². The predicted octanol–water partition coefficient (Wildman–Crippen LogP) is 2.18. The summed E-state index contributed by atoms with van der Waals surface area (Å²) < 4.78 is 28.9. The van der Waals surface area contributed by atoms with Gasteiger partial charge in [-0.15, -0.1) is 0 Å². The van der Waals surface area contributed by atoms with E-state index < -0.39 is 6.61 Å². The van der Waals surface area contributed by atoms with Gasteiger partial charge in [0, 0.05) is 6.54 Å². The maximum atomic E-state index is 12.3. The summed E-state index contributed by atoms with van der Waals surface area (Å²) in [5.41, 5.74) is 2.75. The smallest absolute Gasteiger partial charge is 0.387 e. The van der Waals surface area contributed by atoms with Gasteiger partial charge in [-0.05, 0) is 18.1 Å². The molecule has 106 valence electrons. The van der Waals surface area contributed by atoms with Crippen LogP contribution in [0.25, 0.3) is 0 Å². The van der Waals surface area contributed by atoms with Gasteiger partial charge < -0.3 is 10.1 Å². The summed E-state index contributed by atoms with van der Waals surface area (Å²) in [5.74, 6) is 6.01. The van der Waals surface area contributed by atoms with Gasteiger partial charge in [0.2, 0.25) is 5.96 Å². The number of guanidine groups is 1. The molecule has 0 aliphatic rings. The van der Waals surface area contributed by atoms with Crippen molar-refractivity contribution in [3.05, 3.63) is 24.3 Å². The molecule has 0 aromatic heterocycles. The van der Waals surface area contributed by atoms with E-state index in [1.54, 1.807) is 18.2 Å². The Kier molecular flexibility index (Phi) is 6.01. The molecule has 0 unspecified atom stereocenters. The third kappa shape index (κ3) is 5.52. The van der Waals surface area contributed by atoms with Crippen LogP contribution in [0, 0.1) is 5.92 Å². The molecule has 0 bridgehead atoms. The second kappa shape index (κ2) is 7.52. The fourth-order valence-corrected chi connectivity index (χ4v) is 1.29. The molecule has 0 saturated carbocycles. The molecule has 0 atom stereocenters. The third-order valence-corrected chi connectivity index (χ3v) is 2.11. The van der Waals surface area contributed by atoms with Gasteiger partial charge in [-0.3, -0.25) is 10.4 Å². The number of hydrazine groups is 1. The van der Waals surface area contributed by atoms with E-state index in [1.807, 2.05) is 13.8 Å². The Balaban J connectivity index is 2.82. The number of alkyl halides is 2. The largest absolute Gasteiger partial charge is 0.433 e. The van der Waals surface area contributed by atoms with Crippen molar-refractivity contribution in [3.63, 3.8) is 0 Å². The highest BCUT2D eigenvalue weighted by molar-refractivity contribution is 5.94. The molecule has 0 saturated heterocycles. The Morgan fingerprint density at radius 1 is 1.37 bits per heavy atom. The van der Waals surface area contributed by atoms with Crippen LogP contribution in [-0.2, 0) is 0 Å². The number of hydrogen-bond acceptors (Lipinski definition) is 3. The van der Waals surface area contributed by atoms with E-state index in [4.69, 9.17) is 5.84 Å². The number of rotatable bonds is 5. The third-order valence-electron chi connectivity index (χ3n) is 2.11. The van der Waals surface area contributed by atoms with Crippen LogP contribution in [0.2, 0.25) is 0 Å². The topological polar surface area (TPSA) is 71.7 Å². The van der Waals surface area contributed by atoms with Crippen LogP contribution in [-0.4, -0.2) is 19.1 Å². The predicted molar refractivity (Wildman–Crippen MR) is 71.2 cm³/mol. The van der Waals surface area contributed by atoms with Crippen molar-refractivity contribution < 1.29 is 13.5 Å². The van der Waals surface area contributed by atoms with Crippen LogP contribution in [0.4, 0.5) is 14.5 Å². The molecule has 0 heterocycles. The van der Waals surface area contributed by atoms with Crippen LogP contribution in [0.1, 0.15) is 13.8 Å². The fourth-order valence-electron chi connectivity index (χ4n) is 1.29. The SMILES string of the molecule is CC(C)CN=C(NN)Nc1ccccc1OC(F)F.